The first kappa shape index (κ1) is 16.6. The molecule has 0 rings (SSSR count). The van der Waals surface area contributed by atoms with Crippen molar-refractivity contribution >= 4 is 0 Å². The Morgan fingerprint density at radius 3 is 2.33 bits per heavy atom. The Kier molecular flexibility index (Phi) is 17.2. The Morgan fingerprint density at radius 2 is 1.67 bits per heavy atom. The maximum atomic E-state index is 3.82. The maximum absolute atomic E-state index is 3.82. The molecule has 0 fully saturated rings. The third kappa shape index (κ3) is 15.9. The summed E-state index contributed by atoms with van der Waals surface area (Å²) >= 11 is 0. The van der Waals surface area contributed by atoms with Gasteiger partial charge in [-0.25, -0.2) is 0 Å². The second-order valence-corrected chi connectivity index (χ2v) is 3.32. The van der Waals surface area contributed by atoms with Gasteiger partial charge in [-0.05, 0) is 32.1 Å². The summed E-state index contributed by atoms with van der Waals surface area (Å²) in [4.78, 5) is 0. The first-order valence-corrected chi connectivity index (χ1v) is 5.67. The van der Waals surface area contributed by atoms with E-state index < -0.39 is 0 Å². The van der Waals surface area contributed by atoms with Gasteiger partial charge >= 0.3 is 0 Å². The summed E-state index contributed by atoms with van der Waals surface area (Å²) in [7, 11) is 0. The summed E-state index contributed by atoms with van der Waals surface area (Å²) in [5.74, 6) is 0. The summed E-state index contributed by atoms with van der Waals surface area (Å²) in [6.45, 7) is 3.22. The summed E-state index contributed by atoms with van der Waals surface area (Å²) in [6.07, 6.45) is 19.0. The molecule has 0 aromatic heterocycles. The predicted molar refractivity (Wildman–Crippen MR) is 65.9 cm³/mol. The highest BCUT2D eigenvalue weighted by atomic mass is 16.0. The lowest BCUT2D eigenvalue weighted by molar-refractivity contribution is -0.368. The van der Waals surface area contributed by atoms with Crippen molar-refractivity contribution in [2.75, 3.05) is 6.54 Å². The molecule has 0 bridgehead atoms. The fourth-order valence-electron chi connectivity index (χ4n) is 1.11. The van der Waals surface area contributed by atoms with Crippen molar-refractivity contribution in [1.29, 1.82) is 0 Å². The van der Waals surface area contributed by atoms with Gasteiger partial charge in [0.15, 0.2) is 0 Å². The van der Waals surface area contributed by atoms with Gasteiger partial charge in [-0.3, -0.25) is 0 Å². The highest BCUT2D eigenvalue weighted by molar-refractivity contribution is 5.04. The van der Waals surface area contributed by atoms with E-state index in [1.54, 1.807) is 0 Å². The molecule has 0 spiro atoms. The minimum absolute atomic E-state index is 0. The van der Waals surface area contributed by atoms with Crippen molar-refractivity contribution in [3.8, 4) is 0 Å². The van der Waals surface area contributed by atoms with Crippen LogP contribution in [-0.4, -0.2) is 12.0 Å². The fraction of sp³-hybridized carbons (Fsp3) is 0.538. The summed E-state index contributed by atoms with van der Waals surface area (Å²) in [5, 5.41) is 0. The largest absolute Gasteiger partial charge is 0.870 e. The Bertz CT molecular complexity index is 183. The van der Waals surface area contributed by atoms with Crippen molar-refractivity contribution in [3.05, 3.63) is 36.5 Å². The van der Waals surface area contributed by atoms with Gasteiger partial charge in [-0.2, -0.15) is 0 Å². The zero-order valence-corrected chi connectivity index (χ0v) is 9.86. The van der Waals surface area contributed by atoms with Gasteiger partial charge in [-0.1, -0.05) is 43.4 Å². The topological polar surface area (TPSA) is 57.6 Å². The minimum Gasteiger partial charge on any atom is -0.870 e. The van der Waals surface area contributed by atoms with Crippen LogP contribution in [0.4, 0.5) is 0 Å². The van der Waals surface area contributed by atoms with Crippen LogP contribution in [0, 0.1) is 0 Å². The third-order valence-electron chi connectivity index (χ3n) is 1.93. The second-order valence-electron chi connectivity index (χ2n) is 3.32. The van der Waals surface area contributed by atoms with E-state index in [9.17, 15) is 0 Å². The lowest BCUT2D eigenvalue weighted by Gasteiger charge is -1.88. The molecule has 0 aromatic carbocycles. The molecule has 0 radical (unpaired) electrons. The van der Waals surface area contributed by atoms with Gasteiger partial charge < -0.3 is 11.2 Å². The molecule has 0 aliphatic heterocycles. The van der Waals surface area contributed by atoms with Gasteiger partial charge in [-0.15, -0.1) is 0 Å². The van der Waals surface area contributed by atoms with E-state index in [4.69, 9.17) is 0 Å². The van der Waals surface area contributed by atoms with Crippen LogP contribution in [0.2, 0.25) is 0 Å². The summed E-state index contributed by atoms with van der Waals surface area (Å²) in [6, 6.07) is 0. The molecular formula is C13H25NO. The molecule has 0 saturated carbocycles. The number of unbranched alkanes of at least 4 members (excludes halogenated alkanes) is 2. The van der Waals surface area contributed by atoms with Crippen LogP contribution < -0.4 is 5.73 Å². The number of hydrogen-bond donors (Lipinski definition) is 1. The van der Waals surface area contributed by atoms with Gasteiger partial charge in [0.25, 0.3) is 0 Å². The SMILES string of the molecule is CCC=CCC=CC=CCCCC[NH3+].[OH-]. The van der Waals surface area contributed by atoms with Crippen molar-refractivity contribution in [2.24, 2.45) is 0 Å². The first-order valence-electron chi connectivity index (χ1n) is 5.67. The molecule has 0 aliphatic carbocycles. The van der Waals surface area contributed by atoms with E-state index in [-0.39, 0.29) is 5.48 Å². The average Bonchev–Trinajstić information content (AvgIpc) is 2.21. The van der Waals surface area contributed by atoms with E-state index in [2.05, 4.69) is 49.1 Å². The van der Waals surface area contributed by atoms with Gasteiger partial charge in [0.1, 0.15) is 0 Å². The van der Waals surface area contributed by atoms with E-state index in [0.717, 1.165) is 19.4 Å². The molecular weight excluding hydrogens is 186 g/mol. The first-order chi connectivity index (χ1) is 6.91. The Balaban J connectivity index is 0. The monoisotopic (exact) mass is 211 g/mol. The van der Waals surface area contributed by atoms with Gasteiger partial charge in [0, 0.05) is 0 Å². The standard InChI is InChI=1S/C13H23N.H2O/c1-2-3-4-5-6-7-8-9-10-11-12-13-14;/h3-4,6-9H,2,5,10-14H2,1H3;1H2. The number of hydrogen-bond acceptors (Lipinski definition) is 1. The maximum Gasteiger partial charge on any atom is 0.0739 e. The van der Waals surface area contributed by atoms with Crippen molar-refractivity contribution in [1.82, 2.24) is 0 Å². The lowest BCUT2D eigenvalue weighted by atomic mass is 10.2. The molecule has 2 nitrogen and oxygen atoms in total. The van der Waals surface area contributed by atoms with Crippen molar-refractivity contribution < 1.29 is 11.2 Å². The Morgan fingerprint density at radius 1 is 0.933 bits per heavy atom. The smallest absolute Gasteiger partial charge is 0.0739 e. The van der Waals surface area contributed by atoms with E-state index in [1.807, 2.05) is 0 Å². The molecule has 0 heterocycles. The van der Waals surface area contributed by atoms with Gasteiger partial charge in [0.2, 0.25) is 0 Å². The molecule has 0 atom stereocenters. The quantitative estimate of drug-likeness (QED) is 0.374. The van der Waals surface area contributed by atoms with Crippen molar-refractivity contribution in [3.63, 3.8) is 0 Å². The summed E-state index contributed by atoms with van der Waals surface area (Å²) < 4.78 is 0. The molecule has 4 N–H and O–H groups in total. The van der Waals surface area contributed by atoms with E-state index in [0.29, 0.717) is 0 Å². The normalized spacial score (nSPS) is 11.6. The Hall–Kier alpha value is -0.860. The zero-order chi connectivity index (χ0) is 10.5. The molecule has 0 aromatic rings. The van der Waals surface area contributed by atoms with Crippen LogP contribution in [0.25, 0.3) is 0 Å². The predicted octanol–water partition coefficient (Wildman–Crippen LogP) is 2.69. The zero-order valence-electron chi connectivity index (χ0n) is 9.86. The molecule has 0 unspecified atom stereocenters. The number of allylic oxidation sites excluding steroid dienone is 6. The van der Waals surface area contributed by atoms with Crippen LogP contribution in [-0.2, 0) is 0 Å². The summed E-state index contributed by atoms with van der Waals surface area (Å²) in [5.41, 5.74) is 3.82. The van der Waals surface area contributed by atoms with E-state index in [1.165, 1.54) is 19.3 Å². The highest BCUT2D eigenvalue weighted by Gasteiger charge is 1.81. The molecule has 2 heteroatoms. The number of quaternary nitrogens is 1. The highest BCUT2D eigenvalue weighted by Crippen LogP contribution is 1.95. The average molecular weight is 211 g/mol. The molecule has 88 valence electrons. The third-order valence-corrected chi connectivity index (χ3v) is 1.93. The second kappa shape index (κ2) is 15.6. The lowest BCUT2D eigenvalue weighted by Crippen LogP contribution is -2.50. The van der Waals surface area contributed by atoms with E-state index >= 15 is 0 Å². The van der Waals surface area contributed by atoms with Gasteiger partial charge in [0.05, 0.1) is 6.54 Å². The molecule has 0 aliphatic rings. The molecule has 15 heavy (non-hydrogen) atoms. The van der Waals surface area contributed by atoms with Crippen LogP contribution in [0.3, 0.4) is 0 Å². The van der Waals surface area contributed by atoms with Crippen LogP contribution in [0.1, 0.15) is 39.0 Å². The molecule has 0 saturated heterocycles. The van der Waals surface area contributed by atoms with Crippen LogP contribution in [0.15, 0.2) is 36.5 Å². The minimum atomic E-state index is 0. The molecule has 0 amide bonds. The van der Waals surface area contributed by atoms with Crippen molar-refractivity contribution in [2.45, 2.75) is 39.0 Å². The van der Waals surface area contributed by atoms with Crippen LogP contribution in [0.5, 0.6) is 0 Å². The van der Waals surface area contributed by atoms with Crippen LogP contribution >= 0.6 is 0 Å². The number of rotatable bonds is 8. The fourth-order valence-corrected chi connectivity index (χ4v) is 1.11. The Labute approximate surface area is 93.9 Å².